The summed E-state index contributed by atoms with van der Waals surface area (Å²) in [6.07, 6.45) is 4.38. The summed E-state index contributed by atoms with van der Waals surface area (Å²) in [5.74, 6) is 1.62. The molecule has 0 unspecified atom stereocenters. The Hall–Kier alpha value is -2.66. The molecule has 0 atom stereocenters. The molecule has 0 saturated heterocycles. The first-order chi connectivity index (χ1) is 13.1. The van der Waals surface area contributed by atoms with Crippen molar-refractivity contribution >= 4 is 23.2 Å². The number of rotatable bonds is 3. The van der Waals surface area contributed by atoms with Crippen LogP contribution in [-0.4, -0.2) is 20.7 Å². The third-order valence-corrected chi connectivity index (χ3v) is 5.22. The molecule has 0 aliphatic carbocycles. The lowest BCUT2D eigenvalue weighted by Crippen LogP contribution is -2.12. The van der Waals surface area contributed by atoms with Gasteiger partial charge in [-0.05, 0) is 50.1 Å². The number of aryl methyl sites for hydroxylation is 2. The minimum Gasteiger partial charge on any atom is -0.322 e. The topological polar surface area (TPSA) is 59.8 Å². The van der Waals surface area contributed by atoms with Crippen LogP contribution in [0.25, 0.3) is 11.4 Å². The molecule has 27 heavy (non-hydrogen) atoms. The molecule has 0 fully saturated rings. The number of carbonyl (C=O) groups excluding carboxylic acids is 1. The van der Waals surface area contributed by atoms with Gasteiger partial charge in [0.15, 0.2) is 5.82 Å². The minimum absolute atomic E-state index is 0.150. The van der Waals surface area contributed by atoms with E-state index >= 15 is 0 Å². The number of hydrogen-bond donors (Lipinski definition) is 1. The number of nitrogens with one attached hydrogen (secondary N) is 1. The molecule has 1 aromatic heterocycles. The Labute approximate surface area is 163 Å². The minimum atomic E-state index is -0.150. The number of anilines is 1. The van der Waals surface area contributed by atoms with Gasteiger partial charge in [0.2, 0.25) is 0 Å². The lowest BCUT2D eigenvalue weighted by molar-refractivity contribution is 0.102. The molecule has 5 nitrogen and oxygen atoms in total. The van der Waals surface area contributed by atoms with Crippen molar-refractivity contribution in [1.29, 1.82) is 0 Å². The van der Waals surface area contributed by atoms with Crippen LogP contribution in [0.3, 0.4) is 0 Å². The van der Waals surface area contributed by atoms with Gasteiger partial charge >= 0.3 is 0 Å². The number of aromatic nitrogens is 3. The van der Waals surface area contributed by atoms with Crippen molar-refractivity contribution in [2.75, 3.05) is 5.32 Å². The van der Waals surface area contributed by atoms with Gasteiger partial charge in [-0.25, -0.2) is 0 Å². The largest absolute Gasteiger partial charge is 0.322 e. The lowest BCUT2D eigenvalue weighted by Gasteiger charge is -2.11. The number of halogens is 1. The Bertz CT molecular complexity index is 978. The molecule has 3 aromatic rings. The van der Waals surface area contributed by atoms with Crippen LogP contribution in [0.1, 0.15) is 41.0 Å². The SMILES string of the molecule is Cc1ccc(C(=O)Nc2ccc(Cl)c(-c3nnc4n3CCCCC4)c2)cc1. The molecular formula is C21H21ClN4O. The fraction of sp³-hybridized carbons (Fsp3) is 0.286. The summed E-state index contributed by atoms with van der Waals surface area (Å²) in [4.78, 5) is 12.5. The second-order valence-electron chi connectivity index (χ2n) is 6.92. The number of hydrogen-bond acceptors (Lipinski definition) is 3. The van der Waals surface area contributed by atoms with Crippen LogP contribution in [0, 0.1) is 6.92 Å². The van der Waals surface area contributed by atoms with E-state index < -0.39 is 0 Å². The maximum absolute atomic E-state index is 12.5. The molecule has 1 amide bonds. The maximum atomic E-state index is 12.5. The summed E-state index contributed by atoms with van der Waals surface area (Å²) in [6, 6.07) is 13.0. The molecule has 1 aliphatic rings. The number of amides is 1. The first-order valence-corrected chi connectivity index (χ1v) is 9.59. The number of carbonyl (C=O) groups is 1. The zero-order chi connectivity index (χ0) is 18.8. The Balaban J connectivity index is 1.63. The van der Waals surface area contributed by atoms with Crippen LogP contribution in [0.2, 0.25) is 5.02 Å². The Morgan fingerprint density at radius 2 is 1.89 bits per heavy atom. The normalized spacial score (nSPS) is 13.7. The molecule has 1 aliphatic heterocycles. The second kappa shape index (κ2) is 7.53. The van der Waals surface area contributed by atoms with Gasteiger partial charge in [-0.15, -0.1) is 10.2 Å². The van der Waals surface area contributed by atoms with Crippen LogP contribution >= 0.6 is 11.6 Å². The number of nitrogens with zero attached hydrogens (tertiary/aromatic N) is 3. The van der Waals surface area contributed by atoms with Crippen LogP contribution in [-0.2, 0) is 13.0 Å². The van der Waals surface area contributed by atoms with E-state index in [1.54, 1.807) is 12.1 Å². The van der Waals surface area contributed by atoms with Gasteiger partial charge in [0.05, 0.1) is 5.02 Å². The van der Waals surface area contributed by atoms with Gasteiger partial charge < -0.3 is 9.88 Å². The highest BCUT2D eigenvalue weighted by Crippen LogP contribution is 2.31. The lowest BCUT2D eigenvalue weighted by atomic mass is 10.1. The van der Waals surface area contributed by atoms with Crippen molar-refractivity contribution < 1.29 is 4.79 Å². The summed E-state index contributed by atoms with van der Waals surface area (Å²) in [6.45, 7) is 2.89. The molecular weight excluding hydrogens is 360 g/mol. The van der Waals surface area contributed by atoms with Crippen molar-refractivity contribution in [2.45, 2.75) is 39.2 Å². The molecule has 138 valence electrons. The van der Waals surface area contributed by atoms with E-state index in [4.69, 9.17) is 11.6 Å². The summed E-state index contributed by atoms with van der Waals surface area (Å²) in [5.41, 5.74) is 3.21. The Morgan fingerprint density at radius 1 is 1.07 bits per heavy atom. The predicted molar refractivity (Wildman–Crippen MR) is 107 cm³/mol. The van der Waals surface area contributed by atoms with Crippen molar-refractivity contribution in [1.82, 2.24) is 14.8 Å². The van der Waals surface area contributed by atoms with E-state index in [9.17, 15) is 4.79 Å². The third-order valence-electron chi connectivity index (χ3n) is 4.89. The van der Waals surface area contributed by atoms with Gasteiger partial charge in [-0.2, -0.15) is 0 Å². The van der Waals surface area contributed by atoms with Gasteiger partial charge in [0.25, 0.3) is 5.91 Å². The van der Waals surface area contributed by atoms with Crippen LogP contribution < -0.4 is 5.32 Å². The zero-order valence-corrected chi connectivity index (χ0v) is 16.0. The van der Waals surface area contributed by atoms with Crippen molar-refractivity contribution in [2.24, 2.45) is 0 Å². The molecule has 0 spiro atoms. The van der Waals surface area contributed by atoms with Crippen molar-refractivity contribution in [3.8, 4) is 11.4 Å². The van der Waals surface area contributed by atoms with Gasteiger partial charge in [0.1, 0.15) is 5.82 Å². The molecule has 2 heterocycles. The van der Waals surface area contributed by atoms with Crippen LogP contribution in [0.15, 0.2) is 42.5 Å². The van der Waals surface area contributed by atoms with Crippen molar-refractivity contribution in [3.05, 3.63) is 64.4 Å². The Morgan fingerprint density at radius 3 is 2.70 bits per heavy atom. The maximum Gasteiger partial charge on any atom is 0.255 e. The second-order valence-corrected chi connectivity index (χ2v) is 7.32. The van der Waals surface area contributed by atoms with E-state index in [1.807, 2.05) is 37.3 Å². The summed E-state index contributed by atoms with van der Waals surface area (Å²) < 4.78 is 2.15. The highest BCUT2D eigenvalue weighted by Gasteiger charge is 2.18. The van der Waals surface area contributed by atoms with E-state index in [2.05, 4.69) is 20.1 Å². The van der Waals surface area contributed by atoms with Crippen LogP contribution in [0.5, 0.6) is 0 Å². The fourth-order valence-corrected chi connectivity index (χ4v) is 3.57. The first kappa shape index (κ1) is 17.7. The van der Waals surface area contributed by atoms with Crippen LogP contribution in [0.4, 0.5) is 5.69 Å². The van der Waals surface area contributed by atoms with E-state index in [1.165, 1.54) is 6.42 Å². The van der Waals surface area contributed by atoms with Gasteiger partial charge in [-0.1, -0.05) is 35.7 Å². The molecule has 6 heteroatoms. The Kier molecular flexibility index (Phi) is 4.94. The van der Waals surface area contributed by atoms with Gasteiger partial charge in [0, 0.05) is 29.8 Å². The monoisotopic (exact) mass is 380 g/mol. The van der Waals surface area contributed by atoms with E-state index in [-0.39, 0.29) is 5.91 Å². The number of benzene rings is 2. The average Bonchev–Trinajstić information content (AvgIpc) is 2.91. The molecule has 0 saturated carbocycles. The van der Waals surface area contributed by atoms with E-state index in [0.29, 0.717) is 16.3 Å². The molecule has 1 N–H and O–H groups in total. The summed E-state index contributed by atoms with van der Waals surface area (Å²) >= 11 is 6.45. The standard InChI is InChI=1S/C21H21ClN4O/c1-14-6-8-15(9-7-14)21(27)23-16-10-11-18(22)17(13-16)20-25-24-19-5-3-2-4-12-26(19)20/h6-11,13H,2-5,12H2,1H3,(H,23,27). The zero-order valence-electron chi connectivity index (χ0n) is 15.2. The highest BCUT2D eigenvalue weighted by atomic mass is 35.5. The fourth-order valence-electron chi connectivity index (χ4n) is 3.37. The smallest absolute Gasteiger partial charge is 0.255 e. The summed E-state index contributed by atoms with van der Waals surface area (Å²) in [5, 5.41) is 12.3. The average molecular weight is 381 g/mol. The summed E-state index contributed by atoms with van der Waals surface area (Å²) in [7, 11) is 0. The molecule has 0 bridgehead atoms. The van der Waals surface area contributed by atoms with Crippen molar-refractivity contribution in [3.63, 3.8) is 0 Å². The molecule has 2 aromatic carbocycles. The predicted octanol–water partition coefficient (Wildman–Crippen LogP) is 4.89. The number of fused-ring (bicyclic) bond motifs is 1. The first-order valence-electron chi connectivity index (χ1n) is 9.22. The third kappa shape index (κ3) is 3.74. The quantitative estimate of drug-likeness (QED) is 0.704. The molecule has 0 radical (unpaired) electrons. The molecule has 4 rings (SSSR count). The van der Waals surface area contributed by atoms with E-state index in [0.717, 1.165) is 48.6 Å². The van der Waals surface area contributed by atoms with Gasteiger partial charge in [-0.3, -0.25) is 4.79 Å². The highest BCUT2D eigenvalue weighted by molar-refractivity contribution is 6.33.